The fraction of sp³-hybridized carbons (Fsp3) is 0.241. The second-order valence-electron chi connectivity index (χ2n) is 9.50. The molecule has 3 aromatic carbocycles. The quantitative estimate of drug-likeness (QED) is 0.148. The Labute approximate surface area is 218 Å². The Morgan fingerprint density at radius 3 is 2.29 bits per heavy atom. The van der Waals surface area contributed by atoms with Crippen molar-refractivity contribution < 1.29 is 28.8 Å². The number of benzene rings is 3. The molecule has 0 radical (unpaired) electrons. The number of nitro benzene ring substituents is 1. The standard InChI is InChI=1S/C29H24N2O7/c32-26(21-7-4-8-23(15-21)31(36)37)17-38-29(35)19-9-12-22(13-10-19)30-27(33)24-14-11-20(16-25(24)28(30)34)18-5-2-1-3-6-18/h1-10,12-13,15,20,24-25H,11,14,16-17H2/t20-,24+,25+/m0/s1. The van der Waals surface area contributed by atoms with Crippen molar-refractivity contribution in [3.8, 4) is 0 Å². The van der Waals surface area contributed by atoms with Crippen LogP contribution < -0.4 is 4.90 Å². The minimum absolute atomic E-state index is 0.0596. The summed E-state index contributed by atoms with van der Waals surface area (Å²) in [6.45, 7) is -0.587. The molecule has 5 rings (SSSR count). The molecule has 2 aliphatic rings. The summed E-state index contributed by atoms with van der Waals surface area (Å²) in [4.78, 5) is 62.7. The lowest BCUT2D eigenvalue weighted by Gasteiger charge is -2.28. The van der Waals surface area contributed by atoms with Crippen LogP contribution in [0.3, 0.4) is 0 Å². The van der Waals surface area contributed by atoms with Crippen molar-refractivity contribution in [1.29, 1.82) is 0 Å². The molecule has 9 heteroatoms. The molecule has 38 heavy (non-hydrogen) atoms. The monoisotopic (exact) mass is 512 g/mol. The summed E-state index contributed by atoms with van der Waals surface area (Å²) in [5.74, 6) is -2.27. The molecule has 0 N–H and O–H groups in total. The highest BCUT2D eigenvalue weighted by Gasteiger charge is 2.50. The van der Waals surface area contributed by atoms with Gasteiger partial charge in [-0.1, -0.05) is 42.5 Å². The first-order valence-corrected chi connectivity index (χ1v) is 12.3. The first-order valence-electron chi connectivity index (χ1n) is 12.3. The molecule has 2 amide bonds. The number of rotatable bonds is 7. The number of ketones is 1. The van der Waals surface area contributed by atoms with E-state index < -0.39 is 23.3 Å². The molecule has 0 spiro atoms. The first-order chi connectivity index (χ1) is 18.3. The molecule has 3 atom stereocenters. The summed E-state index contributed by atoms with van der Waals surface area (Å²) in [7, 11) is 0. The molecule has 3 aromatic rings. The van der Waals surface area contributed by atoms with Crippen LogP contribution in [0.4, 0.5) is 11.4 Å². The lowest BCUT2D eigenvalue weighted by atomic mass is 9.73. The molecule has 1 heterocycles. The molecule has 192 valence electrons. The lowest BCUT2D eigenvalue weighted by molar-refractivity contribution is -0.384. The zero-order valence-corrected chi connectivity index (χ0v) is 20.3. The number of esters is 1. The highest BCUT2D eigenvalue weighted by Crippen LogP contribution is 2.45. The highest BCUT2D eigenvalue weighted by atomic mass is 16.6. The van der Waals surface area contributed by atoms with Gasteiger partial charge >= 0.3 is 5.97 Å². The van der Waals surface area contributed by atoms with E-state index in [9.17, 15) is 29.3 Å². The van der Waals surface area contributed by atoms with Gasteiger partial charge in [-0.05, 0) is 55.0 Å². The number of amides is 2. The Morgan fingerprint density at radius 2 is 1.58 bits per heavy atom. The van der Waals surface area contributed by atoms with Crippen molar-refractivity contribution in [2.45, 2.75) is 25.2 Å². The van der Waals surface area contributed by atoms with Crippen LogP contribution in [0.15, 0.2) is 78.9 Å². The lowest BCUT2D eigenvalue weighted by Crippen LogP contribution is -2.30. The summed E-state index contributed by atoms with van der Waals surface area (Å²) in [6, 6.07) is 21.1. The number of carbonyl (C=O) groups excluding carboxylic acids is 4. The van der Waals surface area contributed by atoms with Gasteiger partial charge in [0.15, 0.2) is 6.61 Å². The summed E-state index contributed by atoms with van der Waals surface area (Å²) in [6.07, 6.45) is 2.12. The van der Waals surface area contributed by atoms with E-state index in [0.717, 1.165) is 12.5 Å². The molecule has 1 aliphatic carbocycles. The predicted octanol–water partition coefficient (Wildman–Crippen LogP) is 4.71. The number of fused-ring (bicyclic) bond motifs is 1. The van der Waals surface area contributed by atoms with Gasteiger partial charge < -0.3 is 4.74 Å². The molecule has 1 saturated heterocycles. The third-order valence-electron chi connectivity index (χ3n) is 7.27. The Bertz CT molecular complexity index is 1420. The van der Waals surface area contributed by atoms with Gasteiger partial charge in [0.2, 0.25) is 17.6 Å². The van der Waals surface area contributed by atoms with Gasteiger partial charge in [-0.15, -0.1) is 0 Å². The number of imide groups is 1. The third kappa shape index (κ3) is 4.82. The largest absolute Gasteiger partial charge is 0.454 e. The number of hydrogen-bond acceptors (Lipinski definition) is 7. The van der Waals surface area contributed by atoms with Crippen LogP contribution in [0.2, 0.25) is 0 Å². The van der Waals surface area contributed by atoms with Crippen LogP contribution in [0.1, 0.15) is 51.5 Å². The average Bonchev–Trinajstić information content (AvgIpc) is 3.20. The van der Waals surface area contributed by atoms with Gasteiger partial charge in [0, 0.05) is 17.7 Å². The van der Waals surface area contributed by atoms with Crippen LogP contribution >= 0.6 is 0 Å². The van der Waals surface area contributed by atoms with Crippen LogP contribution in [-0.4, -0.2) is 35.1 Å². The number of carbonyl (C=O) groups is 4. The molecular formula is C29H24N2O7. The smallest absolute Gasteiger partial charge is 0.338 e. The molecule has 1 aliphatic heterocycles. The Morgan fingerprint density at radius 1 is 0.868 bits per heavy atom. The predicted molar refractivity (Wildman–Crippen MR) is 137 cm³/mol. The summed E-state index contributed by atoms with van der Waals surface area (Å²) >= 11 is 0. The number of nitro groups is 1. The maximum absolute atomic E-state index is 13.3. The van der Waals surface area contributed by atoms with E-state index in [0.29, 0.717) is 18.5 Å². The van der Waals surface area contributed by atoms with Gasteiger partial charge in [-0.25, -0.2) is 4.79 Å². The Balaban J connectivity index is 1.23. The topological polar surface area (TPSA) is 124 Å². The van der Waals surface area contributed by atoms with E-state index in [1.807, 2.05) is 18.2 Å². The summed E-state index contributed by atoms with van der Waals surface area (Å²) in [5.41, 5.74) is 1.52. The fourth-order valence-corrected chi connectivity index (χ4v) is 5.30. The Hall–Kier alpha value is -4.66. The van der Waals surface area contributed by atoms with E-state index in [4.69, 9.17) is 4.74 Å². The number of non-ortho nitro benzene ring substituents is 1. The van der Waals surface area contributed by atoms with E-state index in [2.05, 4.69) is 12.1 Å². The maximum Gasteiger partial charge on any atom is 0.338 e. The van der Waals surface area contributed by atoms with E-state index >= 15 is 0 Å². The van der Waals surface area contributed by atoms with Crippen molar-refractivity contribution >= 4 is 34.9 Å². The van der Waals surface area contributed by atoms with Crippen molar-refractivity contribution in [1.82, 2.24) is 0 Å². The molecular weight excluding hydrogens is 488 g/mol. The zero-order chi connectivity index (χ0) is 26.8. The van der Waals surface area contributed by atoms with Gasteiger partial charge in [0.1, 0.15) is 0 Å². The second-order valence-corrected chi connectivity index (χ2v) is 9.50. The third-order valence-corrected chi connectivity index (χ3v) is 7.27. The molecule has 0 aromatic heterocycles. The van der Waals surface area contributed by atoms with E-state index in [1.165, 1.54) is 52.9 Å². The van der Waals surface area contributed by atoms with Crippen LogP contribution in [0.25, 0.3) is 0 Å². The molecule has 9 nitrogen and oxygen atoms in total. The van der Waals surface area contributed by atoms with Crippen LogP contribution in [0, 0.1) is 22.0 Å². The Kier molecular flexibility index (Phi) is 6.83. The minimum atomic E-state index is -0.770. The number of nitrogens with zero attached hydrogens (tertiary/aromatic N) is 2. The SMILES string of the molecule is O=C(COC(=O)c1ccc(N2C(=O)[C@@H]3CC[C@H](c4ccccc4)C[C@H]3C2=O)cc1)c1cccc([N+](=O)[O-])c1. The van der Waals surface area contributed by atoms with Crippen molar-refractivity contribution in [2.24, 2.45) is 11.8 Å². The van der Waals surface area contributed by atoms with Crippen LogP contribution in [0.5, 0.6) is 0 Å². The van der Waals surface area contributed by atoms with E-state index in [-0.39, 0.29) is 46.4 Å². The van der Waals surface area contributed by atoms with Crippen LogP contribution in [-0.2, 0) is 14.3 Å². The number of anilines is 1. The fourth-order valence-electron chi connectivity index (χ4n) is 5.30. The molecule has 2 fully saturated rings. The number of hydrogen-bond donors (Lipinski definition) is 0. The maximum atomic E-state index is 13.3. The van der Waals surface area contributed by atoms with Gasteiger partial charge in [-0.2, -0.15) is 0 Å². The molecule has 0 bridgehead atoms. The zero-order valence-electron chi connectivity index (χ0n) is 20.3. The van der Waals surface area contributed by atoms with Crippen molar-refractivity contribution in [3.05, 3.63) is 106 Å². The van der Waals surface area contributed by atoms with Gasteiger partial charge in [0.05, 0.1) is 28.0 Å². The first kappa shape index (κ1) is 25.0. The summed E-state index contributed by atoms with van der Waals surface area (Å²) < 4.78 is 5.08. The molecule has 0 unspecified atom stereocenters. The van der Waals surface area contributed by atoms with Crippen molar-refractivity contribution in [3.63, 3.8) is 0 Å². The van der Waals surface area contributed by atoms with Gasteiger partial charge in [0.25, 0.3) is 5.69 Å². The second kappa shape index (κ2) is 10.4. The average molecular weight is 513 g/mol. The number of Topliss-reactive ketones (excluding diaryl/α,β-unsaturated/α-hetero) is 1. The normalized spacial score (nSPS) is 20.6. The minimum Gasteiger partial charge on any atom is -0.454 e. The van der Waals surface area contributed by atoms with Crippen molar-refractivity contribution in [2.75, 3.05) is 11.5 Å². The van der Waals surface area contributed by atoms with Gasteiger partial charge in [-0.3, -0.25) is 29.4 Å². The van der Waals surface area contributed by atoms with E-state index in [1.54, 1.807) is 0 Å². The molecule has 1 saturated carbocycles. The summed E-state index contributed by atoms with van der Waals surface area (Å²) in [5, 5.41) is 10.9. The highest BCUT2D eigenvalue weighted by molar-refractivity contribution is 6.22. The number of ether oxygens (including phenoxy) is 1.